The molecule has 0 aliphatic rings. The maximum absolute atomic E-state index is 11.6. The van der Waals surface area contributed by atoms with E-state index < -0.39 is 12.1 Å². The molecule has 0 fully saturated rings. The lowest BCUT2D eigenvalue weighted by Gasteiger charge is -2.18. The highest BCUT2D eigenvalue weighted by atomic mass is 16.5. The maximum atomic E-state index is 11.6. The second-order valence-corrected chi connectivity index (χ2v) is 4.01. The topological polar surface area (TPSA) is 49.8 Å². The van der Waals surface area contributed by atoms with Gasteiger partial charge in [-0.05, 0) is 18.7 Å². The van der Waals surface area contributed by atoms with Gasteiger partial charge in [0.05, 0.1) is 0 Å². The summed E-state index contributed by atoms with van der Waals surface area (Å²) >= 11 is 0. The number of carbonyl (C=O) groups is 1. The summed E-state index contributed by atoms with van der Waals surface area (Å²) in [6.07, 6.45) is -1.19. The number of carbonyl (C=O) groups excluding carboxylic acids is 1. The predicted octanol–water partition coefficient (Wildman–Crippen LogP) is 1.60. The SMILES string of the molecule is CCN(CC)CCOC(=O)C(O)c1ccccc1. The summed E-state index contributed by atoms with van der Waals surface area (Å²) in [5.74, 6) is -0.589. The summed E-state index contributed by atoms with van der Waals surface area (Å²) in [6, 6.07) is 8.80. The van der Waals surface area contributed by atoms with Gasteiger partial charge >= 0.3 is 5.97 Å². The Hall–Kier alpha value is -1.39. The first-order valence-electron chi connectivity index (χ1n) is 6.31. The number of likely N-dealkylation sites (N-methyl/N-ethyl adjacent to an activating group) is 1. The van der Waals surface area contributed by atoms with Crippen molar-refractivity contribution in [2.75, 3.05) is 26.2 Å². The first-order valence-corrected chi connectivity index (χ1v) is 6.31. The van der Waals surface area contributed by atoms with Gasteiger partial charge in [0, 0.05) is 6.54 Å². The number of aliphatic hydroxyl groups excluding tert-OH is 1. The fourth-order valence-corrected chi connectivity index (χ4v) is 1.67. The molecule has 1 unspecified atom stereocenters. The second-order valence-electron chi connectivity index (χ2n) is 4.01. The third-order valence-corrected chi connectivity index (χ3v) is 2.88. The van der Waals surface area contributed by atoms with Crippen molar-refractivity contribution >= 4 is 5.97 Å². The lowest BCUT2D eigenvalue weighted by Crippen LogP contribution is -2.28. The number of hydrogen-bond acceptors (Lipinski definition) is 4. The van der Waals surface area contributed by atoms with Crippen LogP contribution in [0.1, 0.15) is 25.5 Å². The van der Waals surface area contributed by atoms with Crippen LogP contribution in [0.15, 0.2) is 30.3 Å². The van der Waals surface area contributed by atoms with Gasteiger partial charge in [-0.25, -0.2) is 4.79 Å². The van der Waals surface area contributed by atoms with Crippen LogP contribution >= 0.6 is 0 Å². The number of esters is 1. The molecule has 0 amide bonds. The van der Waals surface area contributed by atoms with Crippen molar-refractivity contribution in [3.63, 3.8) is 0 Å². The van der Waals surface area contributed by atoms with Gasteiger partial charge in [0.2, 0.25) is 0 Å². The second kappa shape index (κ2) is 7.84. The number of nitrogens with zero attached hydrogens (tertiary/aromatic N) is 1. The summed E-state index contributed by atoms with van der Waals surface area (Å²) in [7, 11) is 0. The maximum Gasteiger partial charge on any atom is 0.339 e. The Morgan fingerprint density at radius 3 is 2.44 bits per heavy atom. The zero-order valence-corrected chi connectivity index (χ0v) is 11.0. The normalized spacial score (nSPS) is 12.4. The van der Waals surface area contributed by atoms with E-state index in [1.807, 2.05) is 6.07 Å². The highest BCUT2D eigenvalue weighted by molar-refractivity contribution is 5.76. The van der Waals surface area contributed by atoms with Crippen molar-refractivity contribution in [2.45, 2.75) is 20.0 Å². The largest absolute Gasteiger partial charge is 0.462 e. The van der Waals surface area contributed by atoms with Crippen LogP contribution in [-0.2, 0) is 9.53 Å². The third-order valence-electron chi connectivity index (χ3n) is 2.88. The molecule has 18 heavy (non-hydrogen) atoms. The molecule has 1 atom stereocenters. The third kappa shape index (κ3) is 4.47. The molecule has 0 aromatic heterocycles. The molecule has 1 N–H and O–H groups in total. The summed E-state index contributed by atoms with van der Waals surface area (Å²) < 4.78 is 5.06. The summed E-state index contributed by atoms with van der Waals surface area (Å²) in [4.78, 5) is 13.8. The van der Waals surface area contributed by atoms with Crippen LogP contribution in [0.3, 0.4) is 0 Å². The molecule has 4 nitrogen and oxygen atoms in total. The molecule has 1 aromatic carbocycles. The Kier molecular flexibility index (Phi) is 6.39. The van der Waals surface area contributed by atoms with E-state index in [1.54, 1.807) is 24.3 Å². The molecule has 1 aromatic rings. The minimum Gasteiger partial charge on any atom is -0.462 e. The van der Waals surface area contributed by atoms with Gasteiger partial charge in [0.25, 0.3) is 0 Å². The van der Waals surface area contributed by atoms with Crippen molar-refractivity contribution in [3.05, 3.63) is 35.9 Å². The number of aliphatic hydroxyl groups is 1. The molecule has 0 radical (unpaired) electrons. The number of rotatable bonds is 7. The van der Waals surface area contributed by atoms with Crippen LogP contribution in [-0.4, -0.2) is 42.2 Å². The first kappa shape index (κ1) is 14.7. The lowest BCUT2D eigenvalue weighted by molar-refractivity contribution is -0.154. The van der Waals surface area contributed by atoms with Crippen LogP contribution < -0.4 is 0 Å². The van der Waals surface area contributed by atoms with E-state index in [9.17, 15) is 9.90 Å². The molecule has 0 saturated heterocycles. The molecule has 100 valence electrons. The monoisotopic (exact) mass is 251 g/mol. The first-order chi connectivity index (χ1) is 8.69. The molecule has 0 aliphatic carbocycles. The van der Waals surface area contributed by atoms with Gasteiger partial charge in [-0.3, -0.25) is 0 Å². The Morgan fingerprint density at radius 1 is 1.28 bits per heavy atom. The van der Waals surface area contributed by atoms with E-state index in [1.165, 1.54) is 0 Å². The van der Waals surface area contributed by atoms with Gasteiger partial charge < -0.3 is 14.7 Å². The number of ether oxygens (including phenoxy) is 1. The van der Waals surface area contributed by atoms with E-state index >= 15 is 0 Å². The molecule has 1 rings (SSSR count). The van der Waals surface area contributed by atoms with Crippen LogP contribution in [0, 0.1) is 0 Å². The minimum absolute atomic E-state index is 0.310. The van der Waals surface area contributed by atoms with Crippen molar-refractivity contribution in [2.24, 2.45) is 0 Å². The molecular formula is C14H21NO3. The summed E-state index contributed by atoms with van der Waals surface area (Å²) in [5.41, 5.74) is 0.560. The molecule has 4 heteroatoms. The van der Waals surface area contributed by atoms with E-state index in [0.29, 0.717) is 18.7 Å². The number of benzene rings is 1. The Labute approximate surface area is 108 Å². The van der Waals surface area contributed by atoms with E-state index in [4.69, 9.17) is 4.74 Å². The van der Waals surface area contributed by atoms with Gasteiger partial charge in [-0.15, -0.1) is 0 Å². The van der Waals surface area contributed by atoms with Gasteiger partial charge in [-0.2, -0.15) is 0 Å². The van der Waals surface area contributed by atoms with Crippen molar-refractivity contribution in [1.82, 2.24) is 4.90 Å². The van der Waals surface area contributed by atoms with Crippen molar-refractivity contribution in [3.8, 4) is 0 Å². The van der Waals surface area contributed by atoms with Crippen LogP contribution in [0.2, 0.25) is 0 Å². The predicted molar refractivity (Wildman–Crippen MR) is 70.1 cm³/mol. The Bertz CT molecular complexity index is 349. The molecule has 0 spiro atoms. The molecule has 0 saturated carbocycles. The quantitative estimate of drug-likeness (QED) is 0.748. The van der Waals surface area contributed by atoms with Crippen LogP contribution in [0.25, 0.3) is 0 Å². The molecule has 0 heterocycles. The average molecular weight is 251 g/mol. The Morgan fingerprint density at radius 2 is 1.89 bits per heavy atom. The fourth-order valence-electron chi connectivity index (χ4n) is 1.67. The molecular weight excluding hydrogens is 230 g/mol. The minimum atomic E-state index is -1.19. The highest BCUT2D eigenvalue weighted by Gasteiger charge is 2.18. The highest BCUT2D eigenvalue weighted by Crippen LogP contribution is 2.13. The van der Waals surface area contributed by atoms with E-state index in [0.717, 1.165) is 13.1 Å². The van der Waals surface area contributed by atoms with E-state index in [2.05, 4.69) is 18.7 Å². The molecule has 0 bridgehead atoms. The summed E-state index contributed by atoms with van der Waals surface area (Å²) in [5, 5.41) is 9.78. The zero-order chi connectivity index (χ0) is 13.4. The lowest BCUT2D eigenvalue weighted by atomic mass is 10.1. The number of hydrogen-bond donors (Lipinski definition) is 1. The smallest absolute Gasteiger partial charge is 0.339 e. The standard InChI is InChI=1S/C14H21NO3/c1-3-15(4-2)10-11-18-14(17)13(16)12-8-6-5-7-9-12/h5-9,13,16H,3-4,10-11H2,1-2H3. The van der Waals surface area contributed by atoms with Crippen LogP contribution in [0.4, 0.5) is 0 Å². The van der Waals surface area contributed by atoms with E-state index in [-0.39, 0.29) is 0 Å². The van der Waals surface area contributed by atoms with Gasteiger partial charge in [0.1, 0.15) is 6.61 Å². The van der Waals surface area contributed by atoms with Crippen LogP contribution in [0.5, 0.6) is 0 Å². The summed E-state index contributed by atoms with van der Waals surface area (Å²) in [6.45, 7) is 6.98. The van der Waals surface area contributed by atoms with Gasteiger partial charge in [-0.1, -0.05) is 44.2 Å². The fraction of sp³-hybridized carbons (Fsp3) is 0.500. The zero-order valence-electron chi connectivity index (χ0n) is 11.0. The average Bonchev–Trinajstić information content (AvgIpc) is 2.43. The van der Waals surface area contributed by atoms with Crippen molar-refractivity contribution < 1.29 is 14.6 Å². The Balaban J connectivity index is 2.37. The van der Waals surface area contributed by atoms with Crippen molar-refractivity contribution in [1.29, 1.82) is 0 Å². The van der Waals surface area contributed by atoms with Gasteiger partial charge in [0.15, 0.2) is 6.10 Å². The molecule has 0 aliphatic heterocycles.